The summed E-state index contributed by atoms with van der Waals surface area (Å²) in [4.78, 5) is 39.0. The zero-order chi connectivity index (χ0) is 27.2. The molecule has 9 heteroatoms. The molecule has 3 aromatic rings. The Labute approximate surface area is 227 Å². The number of amides is 4. The molecule has 0 bridgehead atoms. The van der Waals surface area contributed by atoms with Crippen molar-refractivity contribution in [1.29, 1.82) is 0 Å². The molecule has 0 unspecified atom stereocenters. The highest BCUT2D eigenvalue weighted by Gasteiger charge is 2.37. The number of barbiturate groups is 1. The van der Waals surface area contributed by atoms with E-state index in [2.05, 4.69) is 27.8 Å². The Bertz CT molecular complexity index is 1440. The second kappa shape index (κ2) is 11.9. The lowest BCUT2D eigenvalue weighted by molar-refractivity contribution is -0.122. The molecular weight excluding hydrogens is 555 g/mol. The molecule has 1 aliphatic rings. The predicted octanol–water partition coefficient (Wildman–Crippen LogP) is 5.96. The molecule has 1 fully saturated rings. The van der Waals surface area contributed by atoms with E-state index in [1.807, 2.05) is 31.2 Å². The predicted molar refractivity (Wildman–Crippen MR) is 145 cm³/mol. The molecule has 0 radical (unpaired) electrons. The van der Waals surface area contributed by atoms with Gasteiger partial charge in [0.25, 0.3) is 11.8 Å². The molecule has 1 aliphatic heterocycles. The third-order valence-corrected chi connectivity index (χ3v) is 6.12. The van der Waals surface area contributed by atoms with E-state index in [1.54, 1.807) is 18.2 Å². The monoisotopic (exact) mass is 578 g/mol. The third kappa shape index (κ3) is 6.00. The molecule has 0 spiro atoms. The van der Waals surface area contributed by atoms with Gasteiger partial charge in [-0.3, -0.25) is 14.9 Å². The molecule has 1 saturated heterocycles. The second-order valence-electron chi connectivity index (χ2n) is 8.29. The van der Waals surface area contributed by atoms with E-state index in [0.717, 1.165) is 26.6 Å². The number of benzene rings is 3. The van der Waals surface area contributed by atoms with Crippen LogP contribution >= 0.6 is 15.9 Å². The minimum atomic E-state index is -0.957. The molecule has 3 aromatic carbocycles. The number of ether oxygens (including phenoxy) is 2. The first kappa shape index (κ1) is 26.8. The molecule has 38 heavy (non-hydrogen) atoms. The highest BCUT2D eigenvalue weighted by atomic mass is 79.9. The number of imide groups is 2. The smallest absolute Gasteiger partial charge is 0.335 e. The van der Waals surface area contributed by atoms with Crippen LogP contribution in [0.25, 0.3) is 6.08 Å². The summed E-state index contributed by atoms with van der Waals surface area (Å²) in [7, 11) is 0. The van der Waals surface area contributed by atoms with Gasteiger partial charge in [0, 0.05) is 10.0 Å². The molecular formula is C29H24BrFN2O5. The molecule has 0 saturated carbocycles. The Balaban J connectivity index is 1.71. The van der Waals surface area contributed by atoms with Gasteiger partial charge in [-0.1, -0.05) is 40.2 Å². The fourth-order valence-electron chi connectivity index (χ4n) is 3.91. The number of carbonyl (C=O) groups excluding carboxylic acids is 3. The van der Waals surface area contributed by atoms with Crippen molar-refractivity contribution < 1.29 is 28.2 Å². The maximum absolute atomic E-state index is 13.8. The number of allylic oxidation sites excluding steroid dienone is 1. The number of carbonyl (C=O) groups is 3. The van der Waals surface area contributed by atoms with Gasteiger partial charge in [0.1, 0.15) is 18.0 Å². The third-order valence-electron chi connectivity index (χ3n) is 5.59. The van der Waals surface area contributed by atoms with E-state index in [0.29, 0.717) is 36.7 Å². The van der Waals surface area contributed by atoms with Gasteiger partial charge in [0.15, 0.2) is 11.5 Å². The summed E-state index contributed by atoms with van der Waals surface area (Å²) >= 11 is 3.42. The van der Waals surface area contributed by atoms with Crippen LogP contribution in [0.15, 0.2) is 83.4 Å². The molecule has 0 aliphatic carbocycles. The number of hydrogen-bond donors (Lipinski definition) is 1. The average molecular weight is 579 g/mol. The normalized spacial score (nSPS) is 14.4. The topological polar surface area (TPSA) is 84.9 Å². The van der Waals surface area contributed by atoms with Gasteiger partial charge in [0.05, 0.1) is 12.3 Å². The summed E-state index contributed by atoms with van der Waals surface area (Å²) in [5.41, 5.74) is 1.89. The Morgan fingerprint density at radius 1 is 1.05 bits per heavy atom. The first-order chi connectivity index (χ1) is 18.3. The van der Waals surface area contributed by atoms with Crippen LogP contribution in [0.5, 0.6) is 11.5 Å². The van der Waals surface area contributed by atoms with Crippen LogP contribution in [0.2, 0.25) is 0 Å². The van der Waals surface area contributed by atoms with E-state index in [-0.39, 0.29) is 11.3 Å². The van der Waals surface area contributed by atoms with Crippen LogP contribution in [-0.2, 0) is 22.6 Å². The van der Waals surface area contributed by atoms with Crippen molar-refractivity contribution in [1.82, 2.24) is 5.32 Å². The number of hydrogen-bond acceptors (Lipinski definition) is 5. The Morgan fingerprint density at radius 3 is 2.50 bits per heavy atom. The van der Waals surface area contributed by atoms with Crippen molar-refractivity contribution in [3.05, 3.63) is 106 Å². The van der Waals surface area contributed by atoms with Crippen molar-refractivity contribution in [3.63, 3.8) is 0 Å². The average Bonchev–Trinajstić information content (AvgIpc) is 2.87. The summed E-state index contributed by atoms with van der Waals surface area (Å²) in [6.45, 7) is 6.30. The van der Waals surface area contributed by atoms with Crippen LogP contribution in [0.1, 0.15) is 23.6 Å². The first-order valence-corrected chi connectivity index (χ1v) is 12.5. The summed E-state index contributed by atoms with van der Waals surface area (Å²) < 4.78 is 26.7. The van der Waals surface area contributed by atoms with Crippen molar-refractivity contribution in [2.75, 3.05) is 11.5 Å². The van der Waals surface area contributed by atoms with E-state index < -0.39 is 23.7 Å². The Kier molecular flexibility index (Phi) is 8.38. The number of anilines is 1. The lowest BCUT2D eigenvalue weighted by atomic mass is 10.0. The maximum atomic E-state index is 13.8. The fraction of sp³-hybridized carbons (Fsp3) is 0.138. The van der Waals surface area contributed by atoms with E-state index >= 15 is 0 Å². The maximum Gasteiger partial charge on any atom is 0.335 e. The first-order valence-electron chi connectivity index (χ1n) is 11.8. The van der Waals surface area contributed by atoms with Crippen molar-refractivity contribution in [2.45, 2.75) is 20.0 Å². The van der Waals surface area contributed by atoms with Gasteiger partial charge in [0.2, 0.25) is 0 Å². The summed E-state index contributed by atoms with van der Waals surface area (Å²) in [6, 6.07) is 15.2. The van der Waals surface area contributed by atoms with E-state index in [4.69, 9.17) is 9.47 Å². The van der Waals surface area contributed by atoms with Gasteiger partial charge in [-0.15, -0.1) is 6.58 Å². The minimum Gasteiger partial charge on any atom is -0.490 e. The molecule has 4 amide bonds. The zero-order valence-corrected chi connectivity index (χ0v) is 22.1. The highest BCUT2D eigenvalue weighted by Crippen LogP contribution is 2.36. The minimum absolute atomic E-state index is 0.00458. The summed E-state index contributed by atoms with van der Waals surface area (Å²) in [5, 5.41) is 2.14. The number of nitrogens with zero attached hydrogens (tertiary/aromatic N) is 1. The molecule has 1 N–H and O–H groups in total. The quantitative estimate of drug-likeness (QED) is 0.192. The lowest BCUT2D eigenvalue weighted by Crippen LogP contribution is -2.54. The van der Waals surface area contributed by atoms with Crippen LogP contribution in [-0.4, -0.2) is 24.5 Å². The van der Waals surface area contributed by atoms with Crippen LogP contribution in [0, 0.1) is 5.82 Å². The van der Waals surface area contributed by atoms with Crippen LogP contribution in [0.4, 0.5) is 14.9 Å². The molecule has 4 rings (SSSR count). The number of halogens is 2. The van der Waals surface area contributed by atoms with Crippen molar-refractivity contribution in [2.24, 2.45) is 0 Å². The lowest BCUT2D eigenvalue weighted by Gasteiger charge is -2.26. The van der Waals surface area contributed by atoms with Crippen molar-refractivity contribution >= 4 is 45.5 Å². The largest absolute Gasteiger partial charge is 0.490 e. The van der Waals surface area contributed by atoms with Crippen molar-refractivity contribution in [3.8, 4) is 11.5 Å². The number of nitrogens with one attached hydrogen (secondary N) is 1. The summed E-state index contributed by atoms with van der Waals surface area (Å²) in [6.07, 6.45) is 3.50. The van der Waals surface area contributed by atoms with Gasteiger partial charge in [-0.05, 0) is 73.0 Å². The standard InChI is InChI=1S/C29H24BrFN2O5/c1-3-6-20-13-19(15-25(37-4-2)26(20)38-17-18-9-11-21(30)12-10-18)14-24-27(34)32-29(36)33(28(24)35)23-8-5-7-22(31)16-23/h3,5,7-16H,1,4,6,17H2,2H3,(H,32,34,36)/b24-14+. The van der Waals surface area contributed by atoms with Gasteiger partial charge in [-0.25, -0.2) is 14.1 Å². The SMILES string of the molecule is C=CCc1cc(/C=C2\C(=O)NC(=O)N(c3cccc(F)c3)C2=O)cc(OCC)c1OCc1ccc(Br)cc1. The molecule has 7 nitrogen and oxygen atoms in total. The van der Waals surface area contributed by atoms with Crippen LogP contribution in [0.3, 0.4) is 0 Å². The second-order valence-corrected chi connectivity index (χ2v) is 9.20. The van der Waals surface area contributed by atoms with Gasteiger partial charge in [-0.2, -0.15) is 0 Å². The number of rotatable bonds is 9. The molecule has 1 heterocycles. The van der Waals surface area contributed by atoms with Gasteiger partial charge >= 0.3 is 6.03 Å². The van der Waals surface area contributed by atoms with Gasteiger partial charge < -0.3 is 9.47 Å². The van der Waals surface area contributed by atoms with Crippen LogP contribution < -0.4 is 19.7 Å². The molecule has 194 valence electrons. The van der Waals surface area contributed by atoms with E-state index in [1.165, 1.54) is 24.3 Å². The molecule has 0 aromatic heterocycles. The fourth-order valence-corrected chi connectivity index (χ4v) is 4.17. The number of urea groups is 1. The Morgan fingerprint density at radius 2 is 1.82 bits per heavy atom. The summed E-state index contributed by atoms with van der Waals surface area (Å²) in [5.74, 6) is -1.40. The highest BCUT2D eigenvalue weighted by molar-refractivity contribution is 9.10. The Hall–Kier alpha value is -4.24. The molecule has 0 atom stereocenters. The van der Waals surface area contributed by atoms with E-state index in [9.17, 15) is 18.8 Å². The zero-order valence-electron chi connectivity index (χ0n) is 20.5.